The number of aliphatic hydroxyl groups excluding tert-OH is 1. The summed E-state index contributed by atoms with van der Waals surface area (Å²) in [5.74, 6) is 0. The van der Waals surface area contributed by atoms with Crippen LogP contribution in [0.15, 0.2) is 24.3 Å². The highest BCUT2D eigenvalue weighted by molar-refractivity contribution is 5.48. The van der Waals surface area contributed by atoms with Crippen molar-refractivity contribution in [2.24, 2.45) is 0 Å². The first-order valence-electron chi connectivity index (χ1n) is 7.16. The van der Waals surface area contributed by atoms with Gasteiger partial charge in [-0.1, -0.05) is 19.1 Å². The maximum absolute atomic E-state index is 9.84. The summed E-state index contributed by atoms with van der Waals surface area (Å²) in [5.41, 5.74) is 2.08. The van der Waals surface area contributed by atoms with E-state index in [0.29, 0.717) is 13.2 Å². The summed E-state index contributed by atoms with van der Waals surface area (Å²) in [6.45, 7) is 6.27. The van der Waals surface area contributed by atoms with Crippen LogP contribution in [0.4, 0.5) is 5.69 Å². The summed E-state index contributed by atoms with van der Waals surface area (Å²) in [6.07, 6.45) is 0.347. The van der Waals surface area contributed by atoms with E-state index < -0.39 is 0 Å². The van der Waals surface area contributed by atoms with Gasteiger partial charge in [-0.3, -0.25) is 0 Å². The Hall–Kier alpha value is -1.10. The zero-order valence-corrected chi connectivity index (χ0v) is 13.0. The SMILES string of the molecule is CC[C@@H](O)c1ccc(N(CCOC)C(C)COC)cc1. The molecule has 0 amide bonds. The second-order valence-electron chi connectivity index (χ2n) is 5.01. The van der Waals surface area contributed by atoms with Crippen molar-refractivity contribution >= 4 is 5.69 Å². The van der Waals surface area contributed by atoms with Gasteiger partial charge >= 0.3 is 0 Å². The van der Waals surface area contributed by atoms with E-state index in [2.05, 4.69) is 24.0 Å². The maximum atomic E-state index is 9.84. The third kappa shape index (κ3) is 4.78. The van der Waals surface area contributed by atoms with Crippen molar-refractivity contribution in [3.05, 3.63) is 29.8 Å². The molecule has 114 valence electrons. The lowest BCUT2D eigenvalue weighted by atomic mass is 10.1. The van der Waals surface area contributed by atoms with Crippen molar-refractivity contribution in [1.82, 2.24) is 0 Å². The molecular formula is C16H27NO3. The first-order chi connectivity index (χ1) is 9.63. The normalized spacial score (nSPS) is 14.1. The second-order valence-corrected chi connectivity index (χ2v) is 5.01. The minimum absolute atomic E-state index is 0.275. The van der Waals surface area contributed by atoms with Gasteiger partial charge in [0.15, 0.2) is 0 Å². The van der Waals surface area contributed by atoms with Crippen molar-refractivity contribution in [2.75, 3.05) is 38.9 Å². The standard InChI is InChI=1S/C16H27NO3/c1-5-16(18)14-6-8-15(9-7-14)17(10-11-19-3)13(2)12-20-4/h6-9,13,16,18H,5,10-12H2,1-4H3/t13?,16-/m1/s1. The number of hydrogen-bond donors (Lipinski definition) is 1. The third-order valence-electron chi connectivity index (χ3n) is 3.47. The van der Waals surface area contributed by atoms with E-state index in [1.807, 2.05) is 19.1 Å². The fraction of sp³-hybridized carbons (Fsp3) is 0.625. The van der Waals surface area contributed by atoms with E-state index in [-0.39, 0.29) is 12.1 Å². The molecule has 0 radical (unpaired) electrons. The van der Waals surface area contributed by atoms with Crippen LogP contribution < -0.4 is 4.90 Å². The van der Waals surface area contributed by atoms with Crippen molar-refractivity contribution in [3.63, 3.8) is 0 Å². The Bertz CT molecular complexity index is 366. The molecular weight excluding hydrogens is 254 g/mol. The molecule has 1 aromatic carbocycles. The molecule has 1 N–H and O–H groups in total. The number of hydrogen-bond acceptors (Lipinski definition) is 4. The van der Waals surface area contributed by atoms with Crippen LogP contribution in [0.1, 0.15) is 31.9 Å². The van der Waals surface area contributed by atoms with Gasteiger partial charge < -0.3 is 19.5 Å². The summed E-state index contributed by atoms with van der Waals surface area (Å²) in [4.78, 5) is 2.26. The smallest absolute Gasteiger partial charge is 0.0787 e. The molecule has 0 spiro atoms. The highest BCUT2D eigenvalue weighted by Crippen LogP contribution is 2.22. The largest absolute Gasteiger partial charge is 0.388 e. The number of anilines is 1. The topological polar surface area (TPSA) is 41.9 Å². The molecule has 1 unspecified atom stereocenters. The molecule has 4 heteroatoms. The fourth-order valence-electron chi connectivity index (χ4n) is 2.25. The molecule has 0 aliphatic rings. The van der Waals surface area contributed by atoms with Gasteiger partial charge in [0.05, 0.1) is 19.3 Å². The lowest BCUT2D eigenvalue weighted by Gasteiger charge is -2.31. The van der Waals surface area contributed by atoms with Gasteiger partial charge in [-0.05, 0) is 31.0 Å². The van der Waals surface area contributed by atoms with Crippen LogP contribution in [0.2, 0.25) is 0 Å². The third-order valence-corrected chi connectivity index (χ3v) is 3.47. The first-order valence-corrected chi connectivity index (χ1v) is 7.16. The molecule has 0 aliphatic carbocycles. The van der Waals surface area contributed by atoms with E-state index >= 15 is 0 Å². The van der Waals surface area contributed by atoms with Crippen molar-refractivity contribution in [2.45, 2.75) is 32.4 Å². The molecule has 0 bridgehead atoms. The van der Waals surface area contributed by atoms with Gasteiger partial charge in [0.25, 0.3) is 0 Å². The number of methoxy groups -OCH3 is 2. The quantitative estimate of drug-likeness (QED) is 0.755. The Balaban J connectivity index is 2.84. The Morgan fingerprint density at radius 2 is 1.80 bits per heavy atom. The molecule has 2 atom stereocenters. The van der Waals surface area contributed by atoms with Gasteiger partial charge in [-0.25, -0.2) is 0 Å². The van der Waals surface area contributed by atoms with Gasteiger partial charge in [0.1, 0.15) is 0 Å². The second kappa shape index (κ2) is 8.95. The minimum Gasteiger partial charge on any atom is -0.388 e. The zero-order chi connectivity index (χ0) is 15.0. The van der Waals surface area contributed by atoms with E-state index in [1.54, 1.807) is 14.2 Å². The molecule has 0 aromatic heterocycles. The molecule has 1 rings (SSSR count). The summed E-state index contributed by atoms with van der Waals surface area (Å²) < 4.78 is 10.4. The zero-order valence-electron chi connectivity index (χ0n) is 13.0. The predicted octanol–water partition coefficient (Wildman–Crippen LogP) is 2.62. The highest BCUT2D eigenvalue weighted by atomic mass is 16.5. The molecule has 0 saturated carbocycles. The number of ether oxygens (including phenoxy) is 2. The number of nitrogens with zero attached hydrogens (tertiary/aromatic N) is 1. The molecule has 0 aliphatic heterocycles. The maximum Gasteiger partial charge on any atom is 0.0787 e. The number of aliphatic hydroxyl groups is 1. The summed E-state index contributed by atoms with van der Waals surface area (Å²) >= 11 is 0. The van der Waals surface area contributed by atoms with Crippen molar-refractivity contribution in [3.8, 4) is 0 Å². The van der Waals surface area contributed by atoms with Crippen LogP contribution in [0.3, 0.4) is 0 Å². The Morgan fingerprint density at radius 3 is 2.30 bits per heavy atom. The van der Waals surface area contributed by atoms with Crippen LogP contribution in [0.5, 0.6) is 0 Å². The van der Waals surface area contributed by atoms with E-state index in [9.17, 15) is 5.11 Å². The van der Waals surface area contributed by atoms with Gasteiger partial charge in [0, 0.05) is 32.5 Å². The summed E-state index contributed by atoms with van der Waals surface area (Å²) in [5, 5.41) is 9.84. The molecule has 0 saturated heterocycles. The first kappa shape index (κ1) is 17.0. The molecule has 4 nitrogen and oxygen atoms in total. The average molecular weight is 281 g/mol. The minimum atomic E-state index is -0.382. The Labute approximate surface area is 122 Å². The van der Waals surface area contributed by atoms with E-state index in [0.717, 1.165) is 24.2 Å². The van der Waals surface area contributed by atoms with Gasteiger partial charge in [0.2, 0.25) is 0 Å². The predicted molar refractivity (Wildman–Crippen MR) is 82.3 cm³/mol. The Morgan fingerprint density at radius 1 is 1.15 bits per heavy atom. The monoisotopic (exact) mass is 281 g/mol. The summed E-state index contributed by atoms with van der Waals surface area (Å²) in [7, 11) is 3.42. The number of benzene rings is 1. The van der Waals surface area contributed by atoms with Crippen molar-refractivity contribution < 1.29 is 14.6 Å². The van der Waals surface area contributed by atoms with Crippen LogP contribution in [-0.2, 0) is 9.47 Å². The van der Waals surface area contributed by atoms with E-state index in [4.69, 9.17) is 9.47 Å². The van der Waals surface area contributed by atoms with Gasteiger partial charge in [-0.2, -0.15) is 0 Å². The van der Waals surface area contributed by atoms with Gasteiger partial charge in [-0.15, -0.1) is 0 Å². The van der Waals surface area contributed by atoms with Crippen LogP contribution in [-0.4, -0.2) is 45.1 Å². The van der Waals surface area contributed by atoms with Crippen LogP contribution >= 0.6 is 0 Å². The summed E-state index contributed by atoms with van der Waals surface area (Å²) in [6, 6.07) is 8.36. The molecule has 0 heterocycles. The highest BCUT2D eigenvalue weighted by Gasteiger charge is 2.15. The van der Waals surface area contributed by atoms with Crippen molar-refractivity contribution in [1.29, 1.82) is 0 Å². The molecule has 0 fully saturated rings. The van der Waals surface area contributed by atoms with E-state index in [1.165, 1.54) is 0 Å². The average Bonchev–Trinajstić information content (AvgIpc) is 2.48. The molecule has 1 aromatic rings. The molecule has 20 heavy (non-hydrogen) atoms. The lowest BCUT2D eigenvalue weighted by molar-refractivity contribution is 0.170. The number of rotatable bonds is 9. The van der Waals surface area contributed by atoms with Crippen LogP contribution in [0, 0.1) is 0 Å². The lowest BCUT2D eigenvalue weighted by Crippen LogP contribution is -2.38. The Kier molecular flexibility index (Phi) is 7.59. The van der Waals surface area contributed by atoms with Crippen LogP contribution in [0.25, 0.3) is 0 Å². The fourth-order valence-corrected chi connectivity index (χ4v) is 2.25.